The number of hydrogen-bond acceptors (Lipinski definition) is 3. The van der Waals surface area contributed by atoms with Gasteiger partial charge in [0.2, 0.25) is 5.91 Å². The molecular weight excluding hydrogens is 387 g/mol. The summed E-state index contributed by atoms with van der Waals surface area (Å²) in [5.74, 6) is 0.434. The molecule has 0 bridgehead atoms. The van der Waals surface area contributed by atoms with Crippen LogP contribution in [0.15, 0.2) is 42.5 Å². The van der Waals surface area contributed by atoms with Crippen molar-refractivity contribution in [2.75, 3.05) is 26.2 Å². The van der Waals surface area contributed by atoms with Gasteiger partial charge in [-0.3, -0.25) is 9.59 Å². The first-order chi connectivity index (χ1) is 13.0. The molecule has 0 spiro atoms. The Kier molecular flexibility index (Phi) is 6.24. The first kappa shape index (κ1) is 19.5. The zero-order valence-electron chi connectivity index (χ0n) is 15.0. The molecule has 0 aliphatic carbocycles. The van der Waals surface area contributed by atoms with E-state index in [0.29, 0.717) is 47.5 Å². The van der Waals surface area contributed by atoms with Gasteiger partial charge in [-0.2, -0.15) is 0 Å². The number of carbonyl (C=O) groups is 2. The van der Waals surface area contributed by atoms with Crippen LogP contribution in [0, 0.1) is 0 Å². The highest BCUT2D eigenvalue weighted by molar-refractivity contribution is 6.35. The molecule has 0 unspecified atom stereocenters. The average molecular weight is 407 g/mol. The molecule has 2 aromatic rings. The topological polar surface area (TPSA) is 49.9 Å². The third-order valence-electron chi connectivity index (χ3n) is 4.53. The number of ether oxygens (including phenoxy) is 1. The molecule has 2 aromatic carbocycles. The largest absolute Gasteiger partial charge is 0.488 e. The second-order valence-corrected chi connectivity index (χ2v) is 7.16. The van der Waals surface area contributed by atoms with E-state index in [1.807, 2.05) is 6.07 Å². The maximum Gasteiger partial charge on any atom is 0.257 e. The SMILES string of the molecule is CC(=O)N1CCN(C(=O)c2ccccc2OCc2ccc(Cl)cc2Cl)CC1. The van der Waals surface area contributed by atoms with Gasteiger partial charge in [0.25, 0.3) is 5.91 Å². The molecule has 27 heavy (non-hydrogen) atoms. The highest BCUT2D eigenvalue weighted by atomic mass is 35.5. The molecule has 3 rings (SSSR count). The number of rotatable bonds is 4. The molecule has 0 saturated carbocycles. The van der Waals surface area contributed by atoms with E-state index in [4.69, 9.17) is 27.9 Å². The van der Waals surface area contributed by atoms with Crippen molar-refractivity contribution in [2.45, 2.75) is 13.5 Å². The number of amides is 2. The van der Waals surface area contributed by atoms with E-state index in [0.717, 1.165) is 5.56 Å². The van der Waals surface area contributed by atoms with Crippen LogP contribution in [0.5, 0.6) is 5.75 Å². The molecule has 142 valence electrons. The monoisotopic (exact) mass is 406 g/mol. The zero-order valence-corrected chi connectivity index (χ0v) is 16.5. The van der Waals surface area contributed by atoms with Gasteiger partial charge in [-0.25, -0.2) is 0 Å². The van der Waals surface area contributed by atoms with Gasteiger partial charge in [0.15, 0.2) is 0 Å². The summed E-state index contributed by atoms with van der Waals surface area (Å²) in [7, 11) is 0. The van der Waals surface area contributed by atoms with E-state index in [2.05, 4.69) is 0 Å². The normalized spacial score (nSPS) is 14.2. The van der Waals surface area contributed by atoms with E-state index in [9.17, 15) is 9.59 Å². The first-order valence-electron chi connectivity index (χ1n) is 8.66. The second-order valence-electron chi connectivity index (χ2n) is 6.32. The highest BCUT2D eigenvalue weighted by Crippen LogP contribution is 2.25. The van der Waals surface area contributed by atoms with Crippen molar-refractivity contribution in [3.8, 4) is 5.75 Å². The lowest BCUT2D eigenvalue weighted by Gasteiger charge is -2.34. The molecule has 2 amide bonds. The Morgan fingerprint density at radius 1 is 1.00 bits per heavy atom. The lowest BCUT2D eigenvalue weighted by atomic mass is 10.1. The quantitative estimate of drug-likeness (QED) is 0.773. The van der Waals surface area contributed by atoms with Crippen LogP contribution in [-0.2, 0) is 11.4 Å². The lowest BCUT2D eigenvalue weighted by Crippen LogP contribution is -2.50. The minimum Gasteiger partial charge on any atom is -0.488 e. The summed E-state index contributed by atoms with van der Waals surface area (Å²) in [6.45, 7) is 3.89. The fraction of sp³-hybridized carbons (Fsp3) is 0.300. The number of para-hydroxylation sites is 1. The number of benzene rings is 2. The summed E-state index contributed by atoms with van der Waals surface area (Å²) in [5, 5.41) is 1.08. The van der Waals surface area contributed by atoms with E-state index in [1.54, 1.807) is 53.1 Å². The number of halogens is 2. The van der Waals surface area contributed by atoms with Crippen LogP contribution in [-0.4, -0.2) is 47.8 Å². The van der Waals surface area contributed by atoms with Crippen molar-refractivity contribution in [3.63, 3.8) is 0 Å². The number of hydrogen-bond donors (Lipinski definition) is 0. The van der Waals surface area contributed by atoms with Crippen molar-refractivity contribution >= 4 is 35.0 Å². The third-order valence-corrected chi connectivity index (χ3v) is 5.11. The van der Waals surface area contributed by atoms with Gasteiger partial charge in [-0.1, -0.05) is 41.4 Å². The van der Waals surface area contributed by atoms with Gasteiger partial charge < -0.3 is 14.5 Å². The molecule has 1 heterocycles. The Bertz CT molecular complexity index is 849. The van der Waals surface area contributed by atoms with Gasteiger partial charge in [-0.15, -0.1) is 0 Å². The minimum absolute atomic E-state index is 0.0330. The standard InChI is InChI=1S/C20H20Cl2N2O3/c1-14(25)23-8-10-24(11-9-23)20(26)17-4-2-3-5-19(17)27-13-15-6-7-16(21)12-18(15)22/h2-7,12H,8-11,13H2,1H3. The van der Waals surface area contributed by atoms with Crippen LogP contribution in [0.4, 0.5) is 0 Å². The molecule has 0 radical (unpaired) electrons. The third kappa shape index (κ3) is 4.73. The lowest BCUT2D eigenvalue weighted by molar-refractivity contribution is -0.130. The van der Waals surface area contributed by atoms with E-state index in [-0.39, 0.29) is 18.4 Å². The van der Waals surface area contributed by atoms with Crippen molar-refractivity contribution in [2.24, 2.45) is 0 Å². The van der Waals surface area contributed by atoms with Crippen molar-refractivity contribution in [3.05, 3.63) is 63.6 Å². The summed E-state index contributed by atoms with van der Waals surface area (Å²) in [4.78, 5) is 27.9. The predicted molar refractivity (Wildman–Crippen MR) is 105 cm³/mol. The van der Waals surface area contributed by atoms with E-state index < -0.39 is 0 Å². The van der Waals surface area contributed by atoms with Gasteiger partial charge in [0.05, 0.1) is 5.56 Å². The Balaban J connectivity index is 1.70. The molecule has 1 aliphatic heterocycles. The Hall–Kier alpha value is -2.24. The molecule has 0 N–H and O–H groups in total. The molecule has 5 nitrogen and oxygen atoms in total. The predicted octanol–water partition coefficient (Wildman–Crippen LogP) is 3.88. The van der Waals surface area contributed by atoms with Crippen molar-refractivity contribution in [1.29, 1.82) is 0 Å². The maximum absolute atomic E-state index is 12.9. The maximum atomic E-state index is 12.9. The molecule has 0 aromatic heterocycles. The number of carbonyl (C=O) groups excluding carboxylic acids is 2. The van der Waals surface area contributed by atoms with E-state index >= 15 is 0 Å². The zero-order chi connectivity index (χ0) is 19.4. The minimum atomic E-state index is -0.101. The second kappa shape index (κ2) is 8.63. The van der Waals surface area contributed by atoms with Crippen LogP contribution in [0.3, 0.4) is 0 Å². The van der Waals surface area contributed by atoms with Crippen LogP contribution in [0.25, 0.3) is 0 Å². The number of piperazine rings is 1. The average Bonchev–Trinajstić information content (AvgIpc) is 2.67. The Morgan fingerprint density at radius 2 is 1.67 bits per heavy atom. The van der Waals surface area contributed by atoms with Gasteiger partial charge in [0, 0.05) is 48.7 Å². The highest BCUT2D eigenvalue weighted by Gasteiger charge is 2.25. The molecular formula is C20H20Cl2N2O3. The molecule has 1 saturated heterocycles. The van der Waals surface area contributed by atoms with Gasteiger partial charge >= 0.3 is 0 Å². The summed E-state index contributed by atoms with van der Waals surface area (Å²) >= 11 is 12.1. The Labute approximate surface area is 168 Å². The summed E-state index contributed by atoms with van der Waals surface area (Å²) in [6.07, 6.45) is 0. The first-order valence-corrected chi connectivity index (χ1v) is 9.42. The Morgan fingerprint density at radius 3 is 2.33 bits per heavy atom. The summed E-state index contributed by atoms with van der Waals surface area (Å²) in [5.41, 5.74) is 1.29. The fourth-order valence-corrected chi connectivity index (χ4v) is 3.42. The molecule has 1 aliphatic rings. The van der Waals surface area contributed by atoms with Gasteiger partial charge in [0.1, 0.15) is 12.4 Å². The number of nitrogens with zero attached hydrogens (tertiary/aromatic N) is 2. The van der Waals surface area contributed by atoms with Crippen LogP contribution >= 0.6 is 23.2 Å². The smallest absolute Gasteiger partial charge is 0.257 e. The molecule has 0 atom stereocenters. The van der Waals surface area contributed by atoms with Gasteiger partial charge in [-0.05, 0) is 24.3 Å². The molecule has 1 fully saturated rings. The fourth-order valence-electron chi connectivity index (χ4n) is 2.96. The summed E-state index contributed by atoms with van der Waals surface area (Å²) in [6, 6.07) is 12.4. The van der Waals surface area contributed by atoms with Crippen LogP contribution in [0.2, 0.25) is 10.0 Å². The van der Waals surface area contributed by atoms with Crippen molar-refractivity contribution in [1.82, 2.24) is 9.80 Å². The molecule has 7 heteroatoms. The summed E-state index contributed by atoms with van der Waals surface area (Å²) < 4.78 is 5.88. The van der Waals surface area contributed by atoms with Crippen LogP contribution < -0.4 is 4.74 Å². The van der Waals surface area contributed by atoms with Crippen molar-refractivity contribution < 1.29 is 14.3 Å². The van der Waals surface area contributed by atoms with Crippen LogP contribution in [0.1, 0.15) is 22.8 Å². The van der Waals surface area contributed by atoms with E-state index in [1.165, 1.54) is 0 Å².